The second kappa shape index (κ2) is 7.21. The van der Waals surface area contributed by atoms with Gasteiger partial charge >= 0.3 is 5.97 Å². The van der Waals surface area contributed by atoms with Crippen LogP contribution in [0, 0.1) is 0 Å². The molecule has 0 atom stereocenters. The minimum absolute atomic E-state index is 0.906. The van der Waals surface area contributed by atoms with Crippen molar-refractivity contribution in [2.75, 3.05) is 18.0 Å². The number of anilines is 1. The van der Waals surface area contributed by atoms with Crippen LogP contribution in [0.15, 0.2) is 28.7 Å². The maximum atomic E-state index is 10.6. The van der Waals surface area contributed by atoms with Crippen molar-refractivity contribution >= 4 is 33.7 Å². The zero-order valence-corrected chi connectivity index (χ0v) is 12.3. The van der Waals surface area contributed by atoms with Crippen molar-refractivity contribution in [1.29, 1.82) is 0 Å². The van der Waals surface area contributed by atoms with Crippen LogP contribution < -0.4 is 4.90 Å². The van der Waals surface area contributed by atoms with Crippen molar-refractivity contribution in [3.8, 4) is 0 Å². The Morgan fingerprint density at radius 2 is 2.17 bits per heavy atom. The number of nitrogens with zero attached hydrogens (tertiary/aromatic N) is 1. The summed E-state index contributed by atoms with van der Waals surface area (Å²) in [5.74, 6) is -0.931. The molecule has 0 amide bonds. The molecule has 1 N–H and O–H groups in total. The molecule has 0 heterocycles. The van der Waals surface area contributed by atoms with E-state index < -0.39 is 5.97 Å². The highest BCUT2D eigenvalue weighted by molar-refractivity contribution is 9.10. The maximum Gasteiger partial charge on any atom is 0.328 e. The van der Waals surface area contributed by atoms with Crippen molar-refractivity contribution in [2.24, 2.45) is 0 Å². The summed E-state index contributed by atoms with van der Waals surface area (Å²) in [5, 5.41) is 8.72. The first kappa shape index (κ1) is 14.8. The molecule has 0 spiro atoms. The van der Waals surface area contributed by atoms with Crippen LogP contribution in [0.5, 0.6) is 0 Å². The summed E-state index contributed by atoms with van der Waals surface area (Å²) in [4.78, 5) is 12.9. The van der Waals surface area contributed by atoms with E-state index in [9.17, 15) is 4.79 Å². The van der Waals surface area contributed by atoms with Crippen molar-refractivity contribution < 1.29 is 9.90 Å². The smallest absolute Gasteiger partial charge is 0.328 e. The highest BCUT2D eigenvalue weighted by Crippen LogP contribution is 2.26. The van der Waals surface area contributed by atoms with Crippen molar-refractivity contribution in [1.82, 2.24) is 0 Å². The lowest BCUT2D eigenvalue weighted by atomic mass is 10.1. The standard InChI is InChI=1S/C14H18BrNO2/c1-3-9-16(4-2)13-7-6-12(15)10-11(13)5-8-14(17)18/h5-8,10H,3-4,9H2,1-2H3,(H,17,18)/b8-5+. The number of carboxylic acids is 1. The first-order valence-corrected chi connectivity index (χ1v) is 6.83. The van der Waals surface area contributed by atoms with Crippen LogP contribution >= 0.6 is 15.9 Å². The summed E-state index contributed by atoms with van der Waals surface area (Å²) in [5.41, 5.74) is 1.99. The Hall–Kier alpha value is -1.29. The number of benzene rings is 1. The van der Waals surface area contributed by atoms with Crippen LogP contribution in [0.3, 0.4) is 0 Å². The molecule has 0 fully saturated rings. The molecule has 0 aliphatic rings. The predicted octanol–water partition coefficient (Wildman–Crippen LogP) is 3.78. The quantitative estimate of drug-likeness (QED) is 0.813. The Balaban J connectivity index is 3.12. The van der Waals surface area contributed by atoms with E-state index in [-0.39, 0.29) is 0 Å². The molecule has 1 aromatic carbocycles. The normalized spacial score (nSPS) is 10.8. The Labute approximate surface area is 116 Å². The summed E-state index contributed by atoms with van der Waals surface area (Å²) >= 11 is 3.41. The van der Waals surface area contributed by atoms with Gasteiger partial charge in [0, 0.05) is 29.3 Å². The summed E-state index contributed by atoms with van der Waals surface area (Å²) in [7, 11) is 0. The monoisotopic (exact) mass is 311 g/mol. The molecule has 98 valence electrons. The van der Waals surface area contributed by atoms with Crippen LogP contribution in [-0.2, 0) is 4.79 Å². The van der Waals surface area contributed by atoms with E-state index in [0.717, 1.165) is 35.2 Å². The van der Waals surface area contributed by atoms with E-state index in [2.05, 4.69) is 34.7 Å². The molecule has 0 aliphatic carbocycles. The minimum atomic E-state index is -0.931. The van der Waals surface area contributed by atoms with Gasteiger partial charge in [-0.1, -0.05) is 22.9 Å². The zero-order valence-electron chi connectivity index (χ0n) is 10.7. The summed E-state index contributed by atoms with van der Waals surface area (Å²) in [6.07, 6.45) is 3.87. The van der Waals surface area contributed by atoms with Gasteiger partial charge in [-0.25, -0.2) is 4.79 Å². The SMILES string of the molecule is CCCN(CC)c1ccc(Br)cc1/C=C/C(=O)O. The molecule has 0 aromatic heterocycles. The summed E-state index contributed by atoms with van der Waals surface area (Å²) in [6, 6.07) is 5.93. The molecule has 1 rings (SSSR count). The second-order valence-corrected chi connectivity index (χ2v) is 4.87. The van der Waals surface area contributed by atoms with Crippen LogP contribution in [-0.4, -0.2) is 24.2 Å². The van der Waals surface area contributed by atoms with E-state index >= 15 is 0 Å². The lowest BCUT2D eigenvalue weighted by Gasteiger charge is -2.24. The van der Waals surface area contributed by atoms with E-state index in [1.54, 1.807) is 6.08 Å². The molecule has 0 saturated carbocycles. The van der Waals surface area contributed by atoms with Crippen LogP contribution in [0.1, 0.15) is 25.8 Å². The number of carboxylic acid groups (broad SMARTS) is 1. The van der Waals surface area contributed by atoms with Gasteiger partial charge in [-0.2, -0.15) is 0 Å². The van der Waals surface area contributed by atoms with E-state index in [4.69, 9.17) is 5.11 Å². The molecule has 3 nitrogen and oxygen atoms in total. The van der Waals surface area contributed by atoms with E-state index in [1.165, 1.54) is 6.08 Å². The first-order valence-electron chi connectivity index (χ1n) is 6.04. The fourth-order valence-electron chi connectivity index (χ4n) is 1.83. The molecular weight excluding hydrogens is 294 g/mol. The summed E-state index contributed by atoms with van der Waals surface area (Å²) < 4.78 is 0.948. The lowest BCUT2D eigenvalue weighted by Crippen LogP contribution is -2.24. The van der Waals surface area contributed by atoms with Crippen molar-refractivity contribution in [3.05, 3.63) is 34.3 Å². The Kier molecular flexibility index (Phi) is 5.92. The molecule has 0 aliphatic heterocycles. The average Bonchev–Trinajstić information content (AvgIpc) is 2.34. The Morgan fingerprint density at radius 3 is 2.72 bits per heavy atom. The highest BCUT2D eigenvalue weighted by atomic mass is 79.9. The minimum Gasteiger partial charge on any atom is -0.478 e. The molecule has 1 aromatic rings. The third kappa shape index (κ3) is 4.18. The van der Waals surface area contributed by atoms with E-state index in [1.807, 2.05) is 18.2 Å². The fraction of sp³-hybridized carbons (Fsp3) is 0.357. The molecule has 0 saturated heterocycles. The van der Waals surface area contributed by atoms with Gasteiger partial charge in [0.1, 0.15) is 0 Å². The van der Waals surface area contributed by atoms with Gasteiger partial charge < -0.3 is 10.0 Å². The van der Waals surface area contributed by atoms with Crippen LogP contribution in [0.25, 0.3) is 6.08 Å². The molecular formula is C14H18BrNO2. The van der Waals surface area contributed by atoms with Gasteiger partial charge in [0.25, 0.3) is 0 Å². The maximum absolute atomic E-state index is 10.6. The molecule has 0 radical (unpaired) electrons. The number of hydrogen-bond acceptors (Lipinski definition) is 2. The van der Waals surface area contributed by atoms with Gasteiger partial charge in [-0.15, -0.1) is 0 Å². The van der Waals surface area contributed by atoms with Gasteiger partial charge in [0.05, 0.1) is 0 Å². The third-order valence-corrected chi connectivity index (χ3v) is 3.10. The van der Waals surface area contributed by atoms with Crippen molar-refractivity contribution in [3.63, 3.8) is 0 Å². The average molecular weight is 312 g/mol. The number of hydrogen-bond donors (Lipinski definition) is 1. The van der Waals surface area contributed by atoms with Gasteiger partial charge in [0.2, 0.25) is 0 Å². The fourth-order valence-corrected chi connectivity index (χ4v) is 2.21. The Morgan fingerprint density at radius 1 is 1.44 bits per heavy atom. The largest absolute Gasteiger partial charge is 0.478 e. The molecule has 4 heteroatoms. The Bertz CT molecular complexity index is 443. The second-order valence-electron chi connectivity index (χ2n) is 3.95. The van der Waals surface area contributed by atoms with E-state index in [0.29, 0.717) is 0 Å². The number of carbonyl (C=O) groups is 1. The van der Waals surface area contributed by atoms with Gasteiger partial charge in [0.15, 0.2) is 0 Å². The van der Waals surface area contributed by atoms with Crippen LogP contribution in [0.2, 0.25) is 0 Å². The third-order valence-electron chi connectivity index (χ3n) is 2.61. The van der Waals surface area contributed by atoms with Crippen molar-refractivity contribution in [2.45, 2.75) is 20.3 Å². The number of halogens is 1. The predicted molar refractivity (Wildman–Crippen MR) is 79.0 cm³/mol. The number of aliphatic carboxylic acids is 1. The summed E-state index contributed by atoms with van der Waals surface area (Å²) in [6.45, 7) is 6.10. The zero-order chi connectivity index (χ0) is 13.5. The first-order chi connectivity index (χ1) is 8.58. The highest BCUT2D eigenvalue weighted by Gasteiger charge is 2.08. The molecule has 18 heavy (non-hydrogen) atoms. The topological polar surface area (TPSA) is 40.5 Å². The lowest BCUT2D eigenvalue weighted by molar-refractivity contribution is -0.131. The molecule has 0 bridgehead atoms. The van der Waals surface area contributed by atoms with Crippen LogP contribution in [0.4, 0.5) is 5.69 Å². The number of rotatable bonds is 6. The molecule has 0 unspecified atom stereocenters. The van der Waals surface area contributed by atoms with Gasteiger partial charge in [-0.05, 0) is 43.2 Å². The van der Waals surface area contributed by atoms with Gasteiger partial charge in [-0.3, -0.25) is 0 Å².